The number of rotatable bonds is 10. The summed E-state index contributed by atoms with van der Waals surface area (Å²) in [7, 11) is -3.73. The van der Waals surface area contributed by atoms with Crippen LogP contribution in [0, 0.1) is 12.8 Å². The Bertz CT molecular complexity index is 982. The Hall–Kier alpha value is -1.92. The molecule has 0 saturated carbocycles. The van der Waals surface area contributed by atoms with E-state index in [1.807, 2.05) is 38.1 Å². The lowest BCUT2D eigenvalue weighted by atomic mass is 10.1. The Balaban J connectivity index is 1.79. The average Bonchev–Trinajstić information content (AvgIpc) is 2.69. The van der Waals surface area contributed by atoms with E-state index in [0.29, 0.717) is 29.9 Å². The van der Waals surface area contributed by atoms with Crippen molar-refractivity contribution in [2.24, 2.45) is 5.92 Å². The number of nitrogens with zero attached hydrogens (tertiary/aromatic N) is 3. The van der Waals surface area contributed by atoms with Gasteiger partial charge in [0.1, 0.15) is 18.0 Å². The summed E-state index contributed by atoms with van der Waals surface area (Å²) >= 11 is 1.34. The predicted molar refractivity (Wildman–Crippen MR) is 119 cm³/mol. The molecule has 170 valence electrons. The van der Waals surface area contributed by atoms with Gasteiger partial charge in [-0.3, -0.25) is 4.72 Å². The van der Waals surface area contributed by atoms with Gasteiger partial charge in [0.25, 0.3) is 0 Å². The van der Waals surface area contributed by atoms with Gasteiger partial charge in [-0.25, -0.2) is 4.98 Å². The van der Waals surface area contributed by atoms with E-state index < -0.39 is 29.0 Å². The van der Waals surface area contributed by atoms with E-state index in [-0.39, 0.29) is 11.7 Å². The molecule has 2 atom stereocenters. The molecule has 0 unspecified atom stereocenters. The zero-order valence-corrected chi connectivity index (χ0v) is 19.4. The fraction of sp³-hybridized carbons (Fsp3) is 0.500. The molecule has 11 heteroatoms. The van der Waals surface area contributed by atoms with Gasteiger partial charge in [-0.05, 0) is 25.3 Å². The molecule has 2 heterocycles. The Morgan fingerprint density at radius 1 is 1.29 bits per heavy atom. The van der Waals surface area contributed by atoms with Crippen molar-refractivity contribution < 1.29 is 23.4 Å². The first-order chi connectivity index (χ1) is 14.7. The summed E-state index contributed by atoms with van der Waals surface area (Å²) in [4.78, 5) is 8.66. The number of aliphatic hydroxyl groups is 2. The number of aromatic nitrogens is 2. The lowest BCUT2D eigenvalue weighted by Gasteiger charge is -2.35. The zero-order valence-electron chi connectivity index (χ0n) is 17.7. The van der Waals surface area contributed by atoms with Gasteiger partial charge in [0.15, 0.2) is 5.16 Å². The molecule has 1 aliphatic rings. The van der Waals surface area contributed by atoms with Crippen LogP contribution in [0.2, 0.25) is 0 Å². The quantitative estimate of drug-likeness (QED) is 0.356. The molecule has 3 rings (SSSR count). The van der Waals surface area contributed by atoms with Crippen LogP contribution in [0.4, 0.5) is 5.82 Å². The zero-order chi connectivity index (χ0) is 22.6. The molecule has 0 bridgehead atoms. The fourth-order valence-electron chi connectivity index (χ4n) is 2.87. The summed E-state index contributed by atoms with van der Waals surface area (Å²) in [6, 6.07) is 9.43. The first-order valence-corrected chi connectivity index (χ1v) is 12.4. The predicted octanol–water partition coefficient (Wildman–Crippen LogP) is 1.81. The van der Waals surface area contributed by atoms with Crippen LogP contribution in [0.1, 0.15) is 25.0 Å². The Kier molecular flexibility index (Phi) is 7.76. The summed E-state index contributed by atoms with van der Waals surface area (Å²) in [5.41, 5.74) is 2.24. The molecule has 1 aliphatic heterocycles. The van der Waals surface area contributed by atoms with E-state index in [9.17, 15) is 13.5 Å². The number of aliphatic hydroxyl groups excluding tert-OH is 2. The molecule has 1 aromatic heterocycles. The Morgan fingerprint density at radius 2 is 1.97 bits per heavy atom. The SMILES string of the molecule is Cc1ccc(CSc2nc(NS(=O)(=O)N3CC(C)C3)cc(O[C@H](C)[C@@H](O)CO)n2)cc1. The number of hydrogen-bond donors (Lipinski definition) is 3. The number of aryl methyl sites for hydroxylation is 1. The third kappa shape index (κ3) is 6.53. The molecule has 1 saturated heterocycles. The highest BCUT2D eigenvalue weighted by Gasteiger charge is 2.33. The van der Waals surface area contributed by atoms with Crippen molar-refractivity contribution in [1.82, 2.24) is 14.3 Å². The average molecular weight is 469 g/mol. The van der Waals surface area contributed by atoms with Crippen molar-refractivity contribution in [3.8, 4) is 5.88 Å². The highest BCUT2D eigenvalue weighted by molar-refractivity contribution is 7.98. The maximum Gasteiger partial charge on any atom is 0.302 e. The molecule has 0 radical (unpaired) electrons. The van der Waals surface area contributed by atoms with E-state index in [2.05, 4.69) is 14.7 Å². The third-order valence-corrected chi connectivity index (χ3v) is 7.17. The first-order valence-electron chi connectivity index (χ1n) is 9.97. The molecule has 2 aromatic rings. The third-order valence-electron chi connectivity index (χ3n) is 4.81. The van der Waals surface area contributed by atoms with Crippen LogP contribution in [0.5, 0.6) is 5.88 Å². The molecule has 0 aliphatic carbocycles. The van der Waals surface area contributed by atoms with Crippen LogP contribution in [-0.4, -0.2) is 64.8 Å². The lowest BCUT2D eigenvalue weighted by Crippen LogP contribution is -2.50. The molecule has 0 spiro atoms. The molecular weight excluding hydrogens is 440 g/mol. The van der Waals surface area contributed by atoms with Crippen molar-refractivity contribution in [2.75, 3.05) is 24.4 Å². The van der Waals surface area contributed by atoms with E-state index in [1.165, 1.54) is 22.1 Å². The summed E-state index contributed by atoms with van der Waals surface area (Å²) in [5, 5.41) is 19.2. The molecule has 3 N–H and O–H groups in total. The number of anilines is 1. The fourth-order valence-corrected chi connectivity index (χ4v) is 5.07. The Morgan fingerprint density at radius 3 is 2.58 bits per heavy atom. The number of hydrogen-bond acceptors (Lipinski definition) is 8. The molecule has 31 heavy (non-hydrogen) atoms. The van der Waals surface area contributed by atoms with Crippen molar-refractivity contribution in [3.63, 3.8) is 0 Å². The maximum absolute atomic E-state index is 12.6. The Labute approximate surface area is 187 Å². The molecule has 0 amide bonds. The molecular formula is C20H28N4O5S2. The van der Waals surface area contributed by atoms with E-state index >= 15 is 0 Å². The van der Waals surface area contributed by atoms with Gasteiger partial charge in [0.2, 0.25) is 5.88 Å². The van der Waals surface area contributed by atoms with E-state index in [0.717, 1.165) is 11.1 Å². The molecule has 1 aromatic carbocycles. The van der Waals surface area contributed by atoms with Crippen LogP contribution in [0.25, 0.3) is 0 Å². The van der Waals surface area contributed by atoms with Crippen LogP contribution >= 0.6 is 11.8 Å². The van der Waals surface area contributed by atoms with Gasteiger partial charge in [-0.2, -0.15) is 17.7 Å². The van der Waals surface area contributed by atoms with Gasteiger partial charge in [-0.15, -0.1) is 0 Å². The monoisotopic (exact) mass is 468 g/mol. The summed E-state index contributed by atoms with van der Waals surface area (Å²) < 4.78 is 34.6. The van der Waals surface area contributed by atoms with Gasteiger partial charge in [0, 0.05) is 24.9 Å². The number of thioether (sulfide) groups is 1. The van der Waals surface area contributed by atoms with Crippen LogP contribution in [-0.2, 0) is 16.0 Å². The van der Waals surface area contributed by atoms with Crippen LogP contribution in [0.15, 0.2) is 35.5 Å². The molecule has 1 fully saturated rings. The lowest BCUT2D eigenvalue weighted by molar-refractivity contribution is 0.00599. The van der Waals surface area contributed by atoms with Crippen LogP contribution < -0.4 is 9.46 Å². The minimum atomic E-state index is -3.73. The van der Waals surface area contributed by atoms with Crippen molar-refractivity contribution >= 4 is 27.8 Å². The standard InChI is InChI=1S/C20H28N4O5S2/c1-13-4-6-16(7-5-13)12-30-20-21-18(23-31(27,28)24-9-14(2)10-24)8-19(22-20)29-15(3)17(26)11-25/h4-8,14-15,17,25-26H,9-12H2,1-3H3,(H,21,22,23)/t15-,17+/m1/s1. The minimum Gasteiger partial charge on any atom is -0.472 e. The number of benzene rings is 1. The van der Waals surface area contributed by atoms with Gasteiger partial charge in [-0.1, -0.05) is 48.5 Å². The largest absolute Gasteiger partial charge is 0.472 e. The number of ether oxygens (including phenoxy) is 1. The summed E-state index contributed by atoms with van der Waals surface area (Å²) in [6.07, 6.45) is -1.84. The first kappa shape index (κ1) is 23.7. The highest BCUT2D eigenvalue weighted by atomic mass is 32.2. The highest BCUT2D eigenvalue weighted by Crippen LogP contribution is 2.27. The smallest absolute Gasteiger partial charge is 0.302 e. The summed E-state index contributed by atoms with van der Waals surface area (Å²) in [6.45, 7) is 6.04. The molecule has 9 nitrogen and oxygen atoms in total. The maximum atomic E-state index is 12.6. The van der Waals surface area contributed by atoms with Gasteiger partial charge < -0.3 is 14.9 Å². The van der Waals surface area contributed by atoms with E-state index in [1.54, 1.807) is 6.92 Å². The second-order valence-corrected chi connectivity index (χ2v) is 10.4. The van der Waals surface area contributed by atoms with Gasteiger partial charge in [0.05, 0.1) is 6.61 Å². The van der Waals surface area contributed by atoms with E-state index in [4.69, 9.17) is 9.84 Å². The number of nitrogens with one attached hydrogen (secondary N) is 1. The van der Waals surface area contributed by atoms with Gasteiger partial charge >= 0.3 is 10.2 Å². The second kappa shape index (κ2) is 10.1. The minimum absolute atomic E-state index is 0.0849. The summed E-state index contributed by atoms with van der Waals surface area (Å²) in [5.74, 6) is 1.11. The van der Waals surface area contributed by atoms with Crippen molar-refractivity contribution in [3.05, 3.63) is 41.5 Å². The topological polar surface area (TPSA) is 125 Å². The van der Waals surface area contributed by atoms with Crippen molar-refractivity contribution in [1.29, 1.82) is 0 Å². The van der Waals surface area contributed by atoms with Crippen molar-refractivity contribution in [2.45, 2.75) is 43.9 Å². The van der Waals surface area contributed by atoms with Crippen LogP contribution in [0.3, 0.4) is 0 Å². The normalized spacial score (nSPS) is 17.1. The second-order valence-electron chi connectivity index (χ2n) is 7.75.